The van der Waals surface area contributed by atoms with Crippen molar-refractivity contribution in [3.63, 3.8) is 0 Å². The molecule has 0 unspecified atom stereocenters. The zero-order valence-corrected chi connectivity index (χ0v) is 8.02. The summed E-state index contributed by atoms with van der Waals surface area (Å²) >= 11 is 0. The molecule has 0 aliphatic rings. The fourth-order valence-electron chi connectivity index (χ4n) is 1.01. The van der Waals surface area contributed by atoms with Gasteiger partial charge in [-0.15, -0.1) is 0 Å². The normalized spacial score (nSPS) is 8.86. The summed E-state index contributed by atoms with van der Waals surface area (Å²) in [4.78, 5) is 7.53. The zero-order chi connectivity index (χ0) is 8.55. The molecule has 6 heteroatoms. The molecule has 14 heavy (non-hydrogen) atoms. The quantitative estimate of drug-likeness (QED) is 0.372. The summed E-state index contributed by atoms with van der Waals surface area (Å²) in [7, 11) is 0. The molecule has 0 atom stereocenters. The van der Waals surface area contributed by atoms with Crippen molar-refractivity contribution < 1.29 is 47.9 Å². The third-order valence-electron chi connectivity index (χ3n) is 1.55. The SMILES string of the molecule is [Li+].[Li+].[O-]c1ccc([O-])c2nccnc12. The van der Waals surface area contributed by atoms with E-state index in [2.05, 4.69) is 9.97 Å². The van der Waals surface area contributed by atoms with Gasteiger partial charge in [-0.3, -0.25) is 9.97 Å². The van der Waals surface area contributed by atoms with Gasteiger partial charge in [0.2, 0.25) is 0 Å². The Morgan fingerprint density at radius 1 is 0.786 bits per heavy atom. The van der Waals surface area contributed by atoms with Crippen molar-refractivity contribution in [3.05, 3.63) is 24.5 Å². The smallest absolute Gasteiger partial charge is 0.871 e. The van der Waals surface area contributed by atoms with Crippen LogP contribution in [0.1, 0.15) is 0 Å². The predicted octanol–water partition coefficient (Wildman–Crippen LogP) is -6.21. The Hall–Kier alpha value is -0.645. The molecule has 0 amide bonds. The Bertz CT molecular complexity index is 396. The summed E-state index contributed by atoms with van der Waals surface area (Å²) in [6, 6.07) is 2.42. The van der Waals surface area contributed by atoms with Crippen LogP contribution < -0.4 is 47.9 Å². The maximum absolute atomic E-state index is 11.1. The van der Waals surface area contributed by atoms with Crippen LogP contribution in [0.2, 0.25) is 0 Å². The zero-order valence-electron chi connectivity index (χ0n) is 8.02. The number of benzene rings is 1. The number of hydrogen-bond acceptors (Lipinski definition) is 4. The third-order valence-corrected chi connectivity index (χ3v) is 1.55. The summed E-state index contributed by atoms with van der Waals surface area (Å²) < 4.78 is 0. The molecule has 4 nitrogen and oxygen atoms in total. The van der Waals surface area contributed by atoms with Crippen molar-refractivity contribution >= 4 is 11.0 Å². The minimum atomic E-state index is -0.266. The molecule has 1 aromatic carbocycles. The monoisotopic (exact) mass is 174 g/mol. The van der Waals surface area contributed by atoms with Crippen molar-refractivity contribution in [2.45, 2.75) is 0 Å². The number of nitrogens with zero attached hydrogens (tertiary/aromatic N) is 2. The van der Waals surface area contributed by atoms with Gasteiger partial charge in [-0.1, -0.05) is 23.6 Å². The summed E-state index contributed by atoms with van der Waals surface area (Å²) in [6.07, 6.45) is 2.78. The maximum Gasteiger partial charge on any atom is 1.00 e. The van der Waals surface area contributed by atoms with Crippen LogP contribution in [0, 0.1) is 0 Å². The van der Waals surface area contributed by atoms with E-state index in [-0.39, 0.29) is 60.3 Å². The van der Waals surface area contributed by atoms with Gasteiger partial charge < -0.3 is 10.2 Å². The minimum Gasteiger partial charge on any atom is -0.871 e. The summed E-state index contributed by atoms with van der Waals surface area (Å²) in [5, 5.41) is 22.2. The fraction of sp³-hybridized carbons (Fsp3) is 0. The van der Waals surface area contributed by atoms with Gasteiger partial charge in [0.05, 0.1) is 11.0 Å². The van der Waals surface area contributed by atoms with Crippen molar-refractivity contribution in [3.8, 4) is 11.5 Å². The van der Waals surface area contributed by atoms with E-state index in [1.165, 1.54) is 24.5 Å². The second-order valence-corrected chi connectivity index (χ2v) is 2.32. The van der Waals surface area contributed by atoms with E-state index in [0.717, 1.165) is 0 Å². The Morgan fingerprint density at radius 2 is 1.14 bits per heavy atom. The van der Waals surface area contributed by atoms with Crippen LogP contribution in [-0.4, -0.2) is 9.97 Å². The predicted molar refractivity (Wildman–Crippen MR) is 38.4 cm³/mol. The molecule has 0 fully saturated rings. The van der Waals surface area contributed by atoms with Crippen molar-refractivity contribution in [1.82, 2.24) is 9.97 Å². The number of aromatic nitrogens is 2. The topological polar surface area (TPSA) is 71.9 Å². The molecule has 0 aliphatic heterocycles. The Morgan fingerprint density at radius 3 is 1.50 bits per heavy atom. The van der Waals surface area contributed by atoms with Gasteiger partial charge in [-0.05, 0) is 0 Å². The van der Waals surface area contributed by atoms with Gasteiger partial charge in [0.25, 0.3) is 0 Å². The van der Waals surface area contributed by atoms with Crippen LogP contribution in [0.15, 0.2) is 24.5 Å². The molecule has 0 radical (unpaired) electrons. The van der Waals surface area contributed by atoms with Gasteiger partial charge in [-0.2, -0.15) is 0 Å². The number of fused-ring (bicyclic) bond motifs is 1. The summed E-state index contributed by atoms with van der Waals surface area (Å²) in [6.45, 7) is 0. The van der Waals surface area contributed by atoms with Gasteiger partial charge in [0.15, 0.2) is 0 Å². The van der Waals surface area contributed by atoms with E-state index in [1.807, 2.05) is 0 Å². The molecule has 0 aliphatic carbocycles. The third kappa shape index (κ3) is 2.23. The van der Waals surface area contributed by atoms with Crippen LogP contribution >= 0.6 is 0 Å². The Labute approximate surface area is 105 Å². The van der Waals surface area contributed by atoms with E-state index in [9.17, 15) is 10.2 Å². The maximum atomic E-state index is 11.1. The second kappa shape index (κ2) is 5.29. The number of rotatable bonds is 0. The molecule has 0 spiro atoms. The Balaban J connectivity index is 0.000000845. The van der Waals surface area contributed by atoms with Crippen molar-refractivity contribution in [2.24, 2.45) is 0 Å². The molecule has 0 bridgehead atoms. The van der Waals surface area contributed by atoms with Crippen LogP contribution in [-0.2, 0) is 0 Å². The average Bonchev–Trinajstić information content (AvgIpc) is 2.12. The number of hydrogen-bond donors (Lipinski definition) is 0. The van der Waals surface area contributed by atoms with Crippen LogP contribution in [0.4, 0.5) is 0 Å². The largest absolute Gasteiger partial charge is 1.00 e. The van der Waals surface area contributed by atoms with E-state index < -0.39 is 0 Å². The van der Waals surface area contributed by atoms with Gasteiger partial charge in [0.1, 0.15) is 0 Å². The van der Waals surface area contributed by atoms with Gasteiger partial charge >= 0.3 is 37.7 Å². The van der Waals surface area contributed by atoms with Crippen LogP contribution in [0.25, 0.3) is 11.0 Å². The van der Waals surface area contributed by atoms with Gasteiger partial charge in [0, 0.05) is 12.4 Å². The first kappa shape index (κ1) is 13.4. The van der Waals surface area contributed by atoms with Crippen molar-refractivity contribution in [2.75, 3.05) is 0 Å². The van der Waals surface area contributed by atoms with Crippen molar-refractivity contribution in [1.29, 1.82) is 0 Å². The summed E-state index contributed by atoms with van der Waals surface area (Å²) in [5.41, 5.74) is 0.287. The van der Waals surface area contributed by atoms with E-state index >= 15 is 0 Å². The van der Waals surface area contributed by atoms with E-state index in [1.54, 1.807) is 0 Å². The molecule has 60 valence electrons. The molecule has 2 aromatic rings. The van der Waals surface area contributed by atoms with Crippen LogP contribution in [0.3, 0.4) is 0 Å². The molecule has 1 heterocycles. The molecule has 2 rings (SSSR count). The van der Waals surface area contributed by atoms with Crippen LogP contribution in [0.5, 0.6) is 11.5 Å². The Kier molecular flexibility index (Phi) is 5.05. The molecule has 0 saturated carbocycles. The molecule has 1 aromatic heterocycles. The summed E-state index contributed by atoms with van der Waals surface area (Å²) in [5.74, 6) is -0.532. The first-order chi connectivity index (χ1) is 5.79. The molecular weight excluding hydrogens is 170 g/mol. The molecule has 0 saturated heterocycles. The first-order valence-electron chi connectivity index (χ1n) is 3.37. The standard InChI is InChI=1S/C8H6N2O2.2Li/c11-5-1-2-6(12)8-7(5)9-3-4-10-8;;/h1-4,11-12H;;/q;2*+1/p-2. The molecular formula is C8H4Li2N2O2. The first-order valence-corrected chi connectivity index (χ1v) is 3.37. The molecule has 0 N–H and O–H groups in total. The average molecular weight is 174 g/mol. The fourth-order valence-corrected chi connectivity index (χ4v) is 1.01. The minimum absolute atomic E-state index is 0. The van der Waals surface area contributed by atoms with E-state index in [0.29, 0.717) is 0 Å². The second-order valence-electron chi connectivity index (χ2n) is 2.32. The van der Waals surface area contributed by atoms with Gasteiger partial charge in [-0.25, -0.2) is 0 Å². The van der Waals surface area contributed by atoms with E-state index in [4.69, 9.17) is 0 Å².